The molecule has 2 atom stereocenters. The first kappa shape index (κ1) is 16.4. The first-order valence-corrected chi connectivity index (χ1v) is 8.98. The molecule has 0 heterocycles. The van der Waals surface area contributed by atoms with E-state index < -0.39 is 11.6 Å². The van der Waals surface area contributed by atoms with E-state index in [2.05, 4.69) is 25.2 Å². The SMILES string of the molecule is CCCC1CCC(C2C=CC=CC2c2cc(F)cc(F)c2)CC1. The fourth-order valence-corrected chi connectivity index (χ4v) is 4.45. The van der Waals surface area contributed by atoms with Gasteiger partial charge in [-0.25, -0.2) is 8.78 Å². The molecular formula is C21H26F2. The van der Waals surface area contributed by atoms with Crippen LogP contribution in [0.4, 0.5) is 8.78 Å². The monoisotopic (exact) mass is 316 g/mol. The summed E-state index contributed by atoms with van der Waals surface area (Å²) in [4.78, 5) is 0. The minimum atomic E-state index is -0.478. The van der Waals surface area contributed by atoms with Crippen LogP contribution in [0, 0.1) is 29.4 Å². The van der Waals surface area contributed by atoms with Crippen molar-refractivity contribution in [2.45, 2.75) is 51.4 Å². The lowest BCUT2D eigenvalue weighted by molar-refractivity contribution is 0.211. The van der Waals surface area contributed by atoms with Crippen molar-refractivity contribution in [2.75, 3.05) is 0 Å². The highest BCUT2D eigenvalue weighted by molar-refractivity contribution is 5.32. The summed E-state index contributed by atoms with van der Waals surface area (Å²) in [6, 6.07) is 3.94. The van der Waals surface area contributed by atoms with Gasteiger partial charge in [0.1, 0.15) is 11.6 Å². The average Bonchev–Trinajstić information content (AvgIpc) is 2.55. The molecule has 0 nitrogen and oxygen atoms in total. The molecule has 0 radical (unpaired) electrons. The van der Waals surface area contributed by atoms with E-state index in [9.17, 15) is 8.78 Å². The van der Waals surface area contributed by atoms with Crippen LogP contribution < -0.4 is 0 Å². The summed E-state index contributed by atoms with van der Waals surface area (Å²) < 4.78 is 27.2. The number of rotatable bonds is 4. The molecule has 0 bridgehead atoms. The molecule has 0 spiro atoms. The average molecular weight is 316 g/mol. The van der Waals surface area contributed by atoms with Crippen molar-refractivity contribution in [1.82, 2.24) is 0 Å². The topological polar surface area (TPSA) is 0 Å². The second-order valence-electron chi connectivity index (χ2n) is 7.15. The summed E-state index contributed by atoms with van der Waals surface area (Å²) in [5, 5.41) is 0. The molecule has 0 aromatic heterocycles. The molecule has 0 saturated heterocycles. The van der Waals surface area contributed by atoms with Gasteiger partial charge in [0.05, 0.1) is 0 Å². The summed E-state index contributed by atoms with van der Waals surface area (Å²) in [6.45, 7) is 2.26. The van der Waals surface area contributed by atoms with Crippen molar-refractivity contribution in [3.8, 4) is 0 Å². The van der Waals surface area contributed by atoms with Crippen LogP contribution in [0.1, 0.15) is 56.9 Å². The number of hydrogen-bond donors (Lipinski definition) is 0. The lowest BCUT2D eigenvalue weighted by atomic mass is 9.68. The van der Waals surface area contributed by atoms with E-state index in [1.54, 1.807) is 0 Å². The Hall–Kier alpha value is -1.44. The van der Waals surface area contributed by atoms with Gasteiger partial charge < -0.3 is 0 Å². The smallest absolute Gasteiger partial charge is 0.126 e. The minimum Gasteiger partial charge on any atom is -0.207 e. The van der Waals surface area contributed by atoms with Gasteiger partial charge in [-0.15, -0.1) is 0 Å². The van der Waals surface area contributed by atoms with Gasteiger partial charge in [0.25, 0.3) is 0 Å². The third kappa shape index (κ3) is 3.91. The maximum atomic E-state index is 13.6. The maximum Gasteiger partial charge on any atom is 0.126 e. The fourth-order valence-electron chi connectivity index (χ4n) is 4.45. The number of benzene rings is 1. The molecule has 0 aliphatic heterocycles. The molecule has 0 amide bonds. The lowest BCUT2D eigenvalue weighted by Gasteiger charge is -2.37. The Morgan fingerprint density at radius 1 is 0.913 bits per heavy atom. The van der Waals surface area contributed by atoms with Crippen LogP contribution in [-0.2, 0) is 0 Å². The number of allylic oxidation sites excluding steroid dienone is 4. The molecule has 0 N–H and O–H groups in total. The van der Waals surface area contributed by atoms with E-state index >= 15 is 0 Å². The van der Waals surface area contributed by atoms with Gasteiger partial charge in [-0.05, 0) is 48.3 Å². The third-order valence-electron chi connectivity index (χ3n) is 5.58. The maximum absolute atomic E-state index is 13.6. The Balaban J connectivity index is 1.75. The predicted octanol–water partition coefficient (Wildman–Crippen LogP) is 6.40. The highest BCUT2D eigenvalue weighted by Crippen LogP contribution is 2.43. The molecule has 1 aromatic carbocycles. The van der Waals surface area contributed by atoms with Crippen molar-refractivity contribution < 1.29 is 8.78 Å². The summed E-state index contributed by atoms with van der Waals surface area (Å²) >= 11 is 0. The molecular weight excluding hydrogens is 290 g/mol. The molecule has 23 heavy (non-hydrogen) atoms. The molecule has 2 unspecified atom stereocenters. The van der Waals surface area contributed by atoms with Crippen LogP contribution in [-0.4, -0.2) is 0 Å². The van der Waals surface area contributed by atoms with Crippen molar-refractivity contribution in [3.05, 3.63) is 59.7 Å². The molecule has 1 fully saturated rings. The van der Waals surface area contributed by atoms with Gasteiger partial charge in [0.15, 0.2) is 0 Å². The van der Waals surface area contributed by atoms with E-state index in [0.29, 0.717) is 11.8 Å². The van der Waals surface area contributed by atoms with Gasteiger partial charge in [0.2, 0.25) is 0 Å². The molecule has 2 aliphatic rings. The van der Waals surface area contributed by atoms with Crippen LogP contribution in [0.15, 0.2) is 42.5 Å². The first-order valence-electron chi connectivity index (χ1n) is 8.98. The Morgan fingerprint density at radius 2 is 1.57 bits per heavy atom. The van der Waals surface area contributed by atoms with Crippen LogP contribution >= 0.6 is 0 Å². The van der Waals surface area contributed by atoms with E-state index in [-0.39, 0.29) is 5.92 Å². The van der Waals surface area contributed by atoms with Gasteiger partial charge in [-0.1, -0.05) is 56.9 Å². The van der Waals surface area contributed by atoms with Crippen LogP contribution in [0.5, 0.6) is 0 Å². The highest BCUT2D eigenvalue weighted by Gasteiger charge is 2.31. The first-order chi connectivity index (χ1) is 11.2. The van der Waals surface area contributed by atoms with Crippen LogP contribution in [0.25, 0.3) is 0 Å². The van der Waals surface area contributed by atoms with Gasteiger partial charge in [0, 0.05) is 12.0 Å². The molecule has 2 heteroatoms. The van der Waals surface area contributed by atoms with Crippen LogP contribution in [0.2, 0.25) is 0 Å². The van der Waals surface area contributed by atoms with Crippen molar-refractivity contribution in [1.29, 1.82) is 0 Å². The number of hydrogen-bond acceptors (Lipinski definition) is 0. The Morgan fingerprint density at radius 3 is 2.22 bits per heavy atom. The molecule has 1 aromatic rings. The van der Waals surface area contributed by atoms with Gasteiger partial charge in [-0.2, -0.15) is 0 Å². The van der Waals surface area contributed by atoms with Crippen molar-refractivity contribution in [3.63, 3.8) is 0 Å². The molecule has 2 aliphatic carbocycles. The standard InChI is InChI=1S/C21H26F2/c1-2-5-15-8-10-16(11-9-15)20-6-3-4-7-21(20)17-12-18(22)14-19(23)13-17/h3-4,6-7,12-16,20-21H,2,5,8-11H2,1H3. The quantitative estimate of drug-likeness (QED) is 0.603. The minimum absolute atomic E-state index is 0.0953. The molecule has 1 saturated carbocycles. The molecule has 124 valence electrons. The summed E-state index contributed by atoms with van der Waals surface area (Å²) in [5.41, 5.74) is 0.767. The third-order valence-corrected chi connectivity index (χ3v) is 5.58. The fraction of sp³-hybridized carbons (Fsp3) is 0.524. The van der Waals surface area contributed by atoms with Crippen molar-refractivity contribution >= 4 is 0 Å². The largest absolute Gasteiger partial charge is 0.207 e. The predicted molar refractivity (Wildman–Crippen MR) is 91.2 cm³/mol. The Labute approximate surface area is 138 Å². The van der Waals surface area contributed by atoms with E-state index in [0.717, 1.165) is 17.5 Å². The zero-order chi connectivity index (χ0) is 16.2. The second kappa shape index (κ2) is 7.42. The van der Waals surface area contributed by atoms with Gasteiger partial charge >= 0.3 is 0 Å². The zero-order valence-corrected chi connectivity index (χ0v) is 13.8. The van der Waals surface area contributed by atoms with Gasteiger partial charge in [-0.3, -0.25) is 0 Å². The Bertz CT molecular complexity index is 559. The van der Waals surface area contributed by atoms with E-state index in [1.807, 2.05) is 6.08 Å². The second-order valence-corrected chi connectivity index (χ2v) is 7.15. The van der Waals surface area contributed by atoms with Crippen molar-refractivity contribution in [2.24, 2.45) is 17.8 Å². The molecule has 3 rings (SSSR count). The lowest BCUT2D eigenvalue weighted by Crippen LogP contribution is -2.25. The normalized spacial score (nSPS) is 30.6. The summed E-state index contributed by atoms with van der Waals surface area (Å²) in [6.07, 6.45) is 16.1. The summed E-state index contributed by atoms with van der Waals surface area (Å²) in [5.74, 6) is 1.01. The Kier molecular flexibility index (Phi) is 5.30. The van der Waals surface area contributed by atoms with E-state index in [1.165, 1.54) is 50.7 Å². The highest BCUT2D eigenvalue weighted by atomic mass is 19.1. The zero-order valence-electron chi connectivity index (χ0n) is 13.8. The summed E-state index contributed by atoms with van der Waals surface area (Å²) in [7, 11) is 0. The number of halogens is 2. The van der Waals surface area contributed by atoms with E-state index in [4.69, 9.17) is 0 Å². The van der Waals surface area contributed by atoms with Crippen LogP contribution in [0.3, 0.4) is 0 Å².